The molecule has 0 atom stereocenters. The van der Waals surface area contributed by atoms with Crippen LogP contribution in [0.4, 0.5) is 0 Å². The lowest BCUT2D eigenvalue weighted by atomic mass is 9.71. The van der Waals surface area contributed by atoms with Gasteiger partial charge in [0.2, 0.25) is 5.91 Å². The van der Waals surface area contributed by atoms with E-state index in [1.807, 2.05) is 24.3 Å². The number of carbonyl (C=O) groups is 1. The highest BCUT2D eigenvalue weighted by atomic mass is 35.5. The molecule has 0 spiro atoms. The zero-order chi connectivity index (χ0) is 15.8. The van der Waals surface area contributed by atoms with Crippen molar-refractivity contribution in [3.8, 4) is 0 Å². The quantitative estimate of drug-likeness (QED) is 0.801. The number of ether oxygens (including phenoxy) is 1. The summed E-state index contributed by atoms with van der Waals surface area (Å²) in [6.07, 6.45) is 6.41. The molecular weight excluding hydrogens is 312 g/mol. The second-order valence-electron chi connectivity index (χ2n) is 6.47. The highest BCUT2D eigenvalue weighted by Crippen LogP contribution is 2.38. The monoisotopic (exact) mass is 340 g/mol. The molecule has 0 saturated heterocycles. The predicted octanol–water partition coefficient (Wildman–Crippen LogP) is 3.17. The summed E-state index contributed by atoms with van der Waals surface area (Å²) in [4.78, 5) is 12.2. The molecule has 1 saturated carbocycles. The van der Waals surface area contributed by atoms with Gasteiger partial charge in [0, 0.05) is 20.1 Å². The van der Waals surface area contributed by atoms with Gasteiger partial charge in [0.1, 0.15) is 0 Å². The lowest BCUT2D eigenvalue weighted by molar-refractivity contribution is -0.124. The first-order chi connectivity index (χ1) is 10.7. The van der Waals surface area contributed by atoms with Crippen molar-refractivity contribution in [1.29, 1.82) is 0 Å². The summed E-state index contributed by atoms with van der Waals surface area (Å²) in [5.41, 5.74) is 8.23. The average molecular weight is 341 g/mol. The van der Waals surface area contributed by atoms with Gasteiger partial charge < -0.3 is 15.8 Å². The van der Waals surface area contributed by atoms with E-state index in [-0.39, 0.29) is 23.7 Å². The largest absolute Gasteiger partial charge is 0.380 e. The fraction of sp³-hybridized carbons (Fsp3) is 0.611. The molecule has 5 heteroatoms. The zero-order valence-electron chi connectivity index (χ0n) is 14.0. The van der Waals surface area contributed by atoms with Crippen molar-refractivity contribution in [2.75, 3.05) is 13.7 Å². The van der Waals surface area contributed by atoms with E-state index in [0.29, 0.717) is 26.1 Å². The van der Waals surface area contributed by atoms with Crippen molar-refractivity contribution < 1.29 is 9.53 Å². The molecule has 23 heavy (non-hydrogen) atoms. The Labute approximate surface area is 145 Å². The highest BCUT2D eigenvalue weighted by Gasteiger charge is 2.32. The van der Waals surface area contributed by atoms with Gasteiger partial charge in [0.25, 0.3) is 0 Å². The second-order valence-corrected chi connectivity index (χ2v) is 6.47. The lowest BCUT2D eigenvalue weighted by Crippen LogP contribution is -2.38. The van der Waals surface area contributed by atoms with Gasteiger partial charge in [-0.2, -0.15) is 0 Å². The molecule has 3 N–H and O–H groups in total. The maximum absolute atomic E-state index is 12.2. The van der Waals surface area contributed by atoms with Crippen LogP contribution < -0.4 is 11.1 Å². The molecule has 1 fully saturated rings. The van der Waals surface area contributed by atoms with Crippen molar-refractivity contribution in [3.05, 3.63) is 35.4 Å². The number of hydrogen-bond acceptors (Lipinski definition) is 3. The lowest BCUT2D eigenvalue weighted by Gasteiger charge is -2.35. The fourth-order valence-corrected chi connectivity index (χ4v) is 3.28. The smallest absolute Gasteiger partial charge is 0.220 e. The summed E-state index contributed by atoms with van der Waals surface area (Å²) in [5.74, 6) is 0.119. The summed E-state index contributed by atoms with van der Waals surface area (Å²) >= 11 is 0. The van der Waals surface area contributed by atoms with E-state index in [1.165, 1.54) is 19.3 Å². The van der Waals surface area contributed by atoms with Gasteiger partial charge in [-0.1, -0.05) is 43.5 Å². The van der Waals surface area contributed by atoms with Crippen LogP contribution in [0.3, 0.4) is 0 Å². The maximum atomic E-state index is 12.2. The Kier molecular flexibility index (Phi) is 8.59. The van der Waals surface area contributed by atoms with Crippen molar-refractivity contribution >= 4 is 18.3 Å². The summed E-state index contributed by atoms with van der Waals surface area (Å²) in [5, 5.41) is 3.03. The molecule has 0 aromatic heterocycles. The van der Waals surface area contributed by atoms with E-state index in [1.54, 1.807) is 7.11 Å². The molecule has 1 aromatic rings. The third kappa shape index (κ3) is 6.13. The Bertz CT molecular complexity index is 470. The summed E-state index contributed by atoms with van der Waals surface area (Å²) in [7, 11) is 1.69. The maximum Gasteiger partial charge on any atom is 0.220 e. The molecule has 1 aliphatic rings. The summed E-state index contributed by atoms with van der Waals surface area (Å²) < 4.78 is 5.09. The van der Waals surface area contributed by atoms with Crippen LogP contribution >= 0.6 is 12.4 Å². The van der Waals surface area contributed by atoms with E-state index in [9.17, 15) is 4.79 Å². The number of carbonyl (C=O) groups excluding carboxylic acids is 1. The molecule has 0 unspecified atom stereocenters. The van der Waals surface area contributed by atoms with Crippen LogP contribution in [0.2, 0.25) is 0 Å². The third-order valence-corrected chi connectivity index (χ3v) is 4.71. The van der Waals surface area contributed by atoms with E-state index >= 15 is 0 Å². The van der Waals surface area contributed by atoms with Crippen molar-refractivity contribution in [2.45, 2.75) is 51.7 Å². The van der Waals surface area contributed by atoms with E-state index in [0.717, 1.165) is 24.0 Å². The Hall–Kier alpha value is -1.10. The number of methoxy groups -OCH3 is 1. The highest BCUT2D eigenvalue weighted by molar-refractivity contribution is 5.85. The molecule has 0 heterocycles. The minimum absolute atomic E-state index is 0. The van der Waals surface area contributed by atoms with E-state index < -0.39 is 0 Å². The topological polar surface area (TPSA) is 64.3 Å². The standard InChI is InChI=1S/C18H28N2O2.ClH/c1-22-13-16-7-5-15(6-8-16)12-20-17(21)11-18(14-19)9-3-2-4-10-18;/h5-8H,2-4,9-14,19H2,1H3,(H,20,21);1H. The molecule has 1 amide bonds. The Balaban J connectivity index is 0.00000264. The number of halogens is 1. The average Bonchev–Trinajstić information content (AvgIpc) is 2.55. The van der Waals surface area contributed by atoms with Gasteiger partial charge in [-0.3, -0.25) is 4.79 Å². The van der Waals surface area contributed by atoms with Crippen LogP contribution in [-0.4, -0.2) is 19.6 Å². The predicted molar refractivity (Wildman–Crippen MR) is 95.4 cm³/mol. The molecule has 0 radical (unpaired) electrons. The molecule has 4 nitrogen and oxygen atoms in total. The first-order valence-corrected chi connectivity index (χ1v) is 8.21. The number of amides is 1. The molecule has 2 rings (SSSR count). The number of nitrogens with two attached hydrogens (primary N) is 1. The zero-order valence-corrected chi connectivity index (χ0v) is 14.8. The van der Waals surface area contributed by atoms with Crippen LogP contribution in [0.15, 0.2) is 24.3 Å². The van der Waals surface area contributed by atoms with Gasteiger partial charge in [-0.25, -0.2) is 0 Å². The molecule has 130 valence electrons. The van der Waals surface area contributed by atoms with Crippen LogP contribution in [0, 0.1) is 5.41 Å². The minimum atomic E-state index is 0. The normalized spacial score (nSPS) is 16.4. The van der Waals surface area contributed by atoms with Crippen LogP contribution in [-0.2, 0) is 22.7 Å². The van der Waals surface area contributed by atoms with Crippen LogP contribution in [0.1, 0.15) is 49.7 Å². The SMILES string of the molecule is COCc1ccc(CNC(=O)CC2(CN)CCCCC2)cc1.Cl. The van der Waals surface area contributed by atoms with Crippen molar-refractivity contribution in [1.82, 2.24) is 5.32 Å². The van der Waals surface area contributed by atoms with Gasteiger partial charge >= 0.3 is 0 Å². The van der Waals surface area contributed by atoms with Gasteiger partial charge in [0.05, 0.1) is 6.61 Å². The van der Waals surface area contributed by atoms with Gasteiger partial charge in [0.15, 0.2) is 0 Å². The summed E-state index contributed by atoms with van der Waals surface area (Å²) in [6, 6.07) is 8.14. The van der Waals surface area contributed by atoms with E-state index in [4.69, 9.17) is 10.5 Å². The Morgan fingerprint density at radius 3 is 2.35 bits per heavy atom. The second kappa shape index (κ2) is 9.91. The Morgan fingerprint density at radius 1 is 1.17 bits per heavy atom. The number of benzene rings is 1. The van der Waals surface area contributed by atoms with Crippen LogP contribution in [0.5, 0.6) is 0 Å². The first-order valence-electron chi connectivity index (χ1n) is 8.21. The number of hydrogen-bond donors (Lipinski definition) is 2. The minimum Gasteiger partial charge on any atom is -0.380 e. The van der Waals surface area contributed by atoms with Gasteiger partial charge in [-0.05, 0) is 35.9 Å². The molecule has 1 aromatic carbocycles. The van der Waals surface area contributed by atoms with Crippen LogP contribution in [0.25, 0.3) is 0 Å². The molecule has 1 aliphatic carbocycles. The summed E-state index contributed by atoms with van der Waals surface area (Å²) in [6.45, 7) is 1.81. The Morgan fingerprint density at radius 2 is 1.78 bits per heavy atom. The third-order valence-electron chi connectivity index (χ3n) is 4.71. The van der Waals surface area contributed by atoms with Crippen molar-refractivity contribution in [2.24, 2.45) is 11.1 Å². The van der Waals surface area contributed by atoms with Gasteiger partial charge in [-0.15, -0.1) is 12.4 Å². The van der Waals surface area contributed by atoms with Crippen molar-refractivity contribution in [3.63, 3.8) is 0 Å². The van der Waals surface area contributed by atoms with E-state index in [2.05, 4.69) is 5.32 Å². The molecule has 0 aliphatic heterocycles. The molecular formula is C18H29ClN2O2. The number of rotatable bonds is 7. The fourth-order valence-electron chi connectivity index (χ4n) is 3.28. The molecule has 0 bridgehead atoms. The number of nitrogens with one attached hydrogen (secondary N) is 1. The first kappa shape index (κ1) is 19.9.